The third-order valence-corrected chi connectivity index (χ3v) is 5.03. The van der Waals surface area contributed by atoms with Gasteiger partial charge in [-0.15, -0.1) is 0 Å². The van der Waals surface area contributed by atoms with Crippen LogP contribution in [0.15, 0.2) is 43.1 Å². The minimum absolute atomic E-state index is 0.252. The summed E-state index contributed by atoms with van der Waals surface area (Å²) in [5.74, 6) is 0.588. The van der Waals surface area contributed by atoms with Gasteiger partial charge in [0, 0.05) is 48.4 Å². The summed E-state index contributed by atoms with van der Waals surface area (Å²) in [7, 11) is 3.05. The highest BCUT2D eigenvalue weighted by Gasteiger charge is 2.21. The Hall–Kier alpha value is -3.88. The van der Waals surface area contributed by atoms with Crippen molar-refractivity contribution < 1.29 is 14.3 Å². The number of carbonyl (C=O) groups excluding carboxylic acids is 1. The van der Waals surface area contributed by atoms with Crippen molar-refractivity contribution in [3.8, 4) is 33.8 Å². The lowest BCUT2D eigenvalue weighted by molar-refractivity contribution is 0.0949. The maximum absolute atomic E-state index is 12.5. The van der Waals surface area contributed by atoms with Crippen molar-refractivity contribution >= 4 is 11.6 Å². The smallest absolute Gasteiger partial charge is 0.258 e. The highest BCUT2D eigenvalue weighted by Crippen LogP contribution is 2.36. The Morgan fingerprint density at radius 1 is 0.968 bits per heavy atom. The van der Waals surface area contributed by atoms with Gasteiger partial charge in [0.2, 0.25) is 0 Å². The first-order valence-corrected chi connectivity index (χ1v) is 10.00. The molecule has 4 rings (SSSR count). The predicted molar refractivity (Wildman–Crippen MR) is 116 cm³/mol. The summed E-state index contributed by atoms with van der Waals surface area (Å²) >= 11 is 0. The lowest BCUT2D eigenvalue weighted by Crippen LogP contribution is -2.24. The molecule has 0 saturated heterocycles. The van der Waals surface area contributed by atoms with Gasteiger partial charge < -0.3 is 14.8 Å². The summed E-state index contributed by atoms with van der Waals surface area (Å²) in [6.45, 7) is 5.21. The Bertz CT molecular complexity index is 1220. The zero-order valence-electron chi connectivity index (χ0n) is 17.9. The maximum Gasteiger partial charge on any atom is 0.258 e. The van der Waals surface area contributed by atoms with Crippen molar-refractivity contribution in [3.63, 3.8) is 0 Å². The van der Waals surface area contributed by atoms with Crippen LogP contribution in [0, 0.1) is 0 Å². The molecule has 1 N–H and O–H groups in total. The number of fused-ring (bicyclic) bond motifs is 1. The van der Waals surface area contributed by atoms with Crippen molar-refractivity contribution in [2.75, 3.05) is 20.8 Å². The largest absolute Gasteiger partial charge is 0.496 e. The highest BCUT2D eigenvalue weighted by molar-refractivity contribution is 6.01. The zero-order chi connectivity index (χ0) is 22.0. The topological polar surface area (TPSA) is 95.6 Å². The molecular formula is C22H24N6O3. The van der Waals surface area contributed by atoms with Gasteiger partial charge in [-0.1, -0.05) is 0 Å². The van der Waals surface area contributed by atoms with E-state index in [1.807, 2.05) is 37.1 Å². The van der Waals surface area contributed by atoms with Crippen molar-refractivity contribution in [1.82, 2.24) is 29.7 Å². The van der Waals surface area contributed by atoms with Crippen LogP contribution in [-0.2, 0) is 6.54 Å². The number of benzene rings is 1. The Labute approximate surface area is 179 Å². The fourth-order valence-corrected chi connectivity index (χ4v) is 3.45. The van der Waals surface area contributed by atoms with Gasteiger partial charge in [0.25, 0.3) is 5.91 Å². The van der Waals surface area contributed by atoms with Gasteiger partial charge >= 0.3 is 0 Å². The minimum Gasteiger partial charge on any atom is -0.496 e. The molecule has 1 aromatic carbocycles. The fraction of sp³-hybridized carbons (Fsp3) is 0.273. The van der Waals surface area contributed by atoms with Crippen LogP contribution in [0.5, 0.6) is 11.5 Å². The summed E-state index contributed by atoms with van der Waals surface area (Å²) in [6.07, 6.45) is 9.24. The normalized spacial score (nSPS) is 11.0. The molecule has 4 aromatic rings. The monoisotopic (exact) mass is 420 g/mol. The van der Waals surface area contributed by atoms with Crippen LogP contribution in [-0.4, -0.2) is 51.1 Å². The Morgan fingerprint density at radius 2 is 1.68 bits per heavy atom. The molecule has 0 unspecified atom stereocenters. The fourth-order valence-electron chi connectivity index (χ4n) is 3.45. The number of aromatic nitrogens is 5. The first-order valence-electron chi connectivity index (χ1n) is 10.00. The molecule has 31 heavy (non-hydrogen) atoms. The number of aryl methyl sites for hydroxylation is 1. The Morgan fingerprint density at radius 3 is 2.29 bits per heavy atom. The van der Waals surface area contributed by atoms with Crippen LogP contribution in [0.3, 0.4) is 0 Å². The quantitative estimate of drug-likeness (QED) is 0.494. The molecule has 9 nitrogen and oxygen atoms in total. The number of ether oxygens (including phenoxy) is 2. The molecule has 0 fully saturated rings. The summed E-state index contributed by atoms with van der Waals surface area (Å²) in [5, 5.41) is 11.6. The van der Waals surface area contributed by atoms with Crippen LogP contribution in [0.4, 0.5) is 0 Å². The number of hydrogen-bond donors (Lipinski definition) is 1. The molecular weight excluding hydrogens is 396 g/mol. The number of nitrogens with one attached hydrogen (secondary N) is 1. The van der Waals surface area contributed by atoms with E-state index in [2.05, 4.69) is 20.5 Å². The summed E-state index contributed by atoms with van der Waals surface area (Å²) in [5.41, 5.74) is 4.52. The average Bonchev–Trinajstić information content (AvgIpc) is 3.44. The highest BCUT2D eigenvalue weighted by atomic mass is 16.5. The lowest BCUT2D eigenvalue weighted by Gasteiger charge is -2.14. The van der Waals surface area contributed by atoms with Gasteiger partial charge in [-0.3, -0.25) is 9.48 Å². The molecule has 3 heterocycles. The van der Waals surface area contributed by atoms with E-state index in [1.165, 1.54) is 14.2 Å². The van der Waals surface area contributed by atoms with Gasteiger partial charge in [-0.25, -0.2) is 9.50 Å². The van der Waals surface area contributed by atoms with Crippen molar-refractivity contribution in [2.45, 2.75) is 20.4 Å². The second kappa shape index (κ2) is 8.47. The number of hydrogen-bond acceptors (Lipinski definition) is 6. The molecule has 0 spiro atoms. The molecule has 0 aliphatic carbocycles. The Kier molecular flexibility index (Phi) is 5.57. The van der Waals surface area contributed by atoms with Crippen LogP contribution < -0.4 is 14.8 Å². The summed E-state index contributed by atoms with van der Waals surface area (Å²) in [6, 6.07) is 3.59. The number of nitrogens with zero attached hydrogens (tertiary/aromatic N) is 5. The van der Waals surface area contributed by atoms with E-state index in [9.17, 15) is 4.79 Å². The Balaban J connectivity index is 1.78. The van der Waals surface area contributed by atoms with Crippen molar-refractivity contribution in [1.29, 1.82) is 0 Å². The van der Waals surface area contributed by atoms with Crippen LogP contribution in [0.2, 0.25) is 0 Å². The zero-order valence-corrected chi connectivity index (χ0v) is 17.9. The minimum atomic E-state index is -0.252. The van der Waals surface area contributed by atoms with Gasteiger partial charge in [0.1, 0.15) is 17.1 Å². The second-order valence-electron chi connectivity index (χ2n) is 6.87. The molecule has 160 valence electrons. The molecule has 3 aromatic heterocycles. The molecule has 1 amide bonds. The van der Waals surface area contributed by atoms with Crippen molar-refractivity contribution in [3.05, 3.63) is 48.7 Å². The average molecular weight is 420 g/mol. The molecule has 0 aliphatic rings. The van der Waals surface area contributed by atoms with Gasteiger partial charge in [0.05, 0.1) is 26.6 Å². The van der Waals surface area contributed by atoms with Gasteiger partial charge in [-0.05, 0) is 31.5 Å². The first kappa shape index (κ1) is 20.4. The number of methoxy groups -OCH3 is 2. The molecule has 0 bridgehead atoms. The number of rotatable bonds is 7. The SMILES string of the molecule is CCNC(=O)c1c(OC)cc(-c2cnn3cc(-c4cnn(CC)c4)cnc23)cc1OC. The van der Waals surface area contributed by atoms with Crippen LogP contribution in [0.25, 0.3) is 27.9 Å². The predicted octanol–water partition coefficient (Wildman–Crippen LogP) is 3.05. The molecule has 9 heteroatoms. The lowest BCUT2D eigenvalue weighted by atomic mass is 10.0. The van der Waals surface area contributed by atoms with E-state index in [-0.39, 0.29) is 5.91 Å². The third-order valence-electron chi connectivity index (χ3n) is 5.03. The second-order valence-corrected chi connectivity index (χ2v) is 6.87. The van der Waals surface area contributed by atoms with Crippen LogP contribution in [0.1, 0.15) is 24.2 Å². The van der Waals surface area contributed by atoms with Gasteiger partial charge in [0.15, 0.2) is 5.65 Å². The molecule has 0 aliphatic heterocycles. The summed E-state index contributed by atoms with van der Waals surface area (Å²) in [4.78, 5) is 17.1. The standard InChI is InChI=1S/C22H24N6O3/c1-5-23-22(29)20-18(30-3)7-14(8-19(20)31-4)17-11-26-28-13-15(9-24-21(17)28)16-10-25-27(6-2)12-16/h7-13H,5-6H2,1-4H3,(H,23,29). The van der Waals surface area contributed by atoms with E-state index in [4.69, 9.17) is 9.47 Å². The maximum atomic E-state index is 12.5. The van der Waals surface area contributed by atoms with E-state index in [0.717, 1.165) is 28.8 Å². The van der Waals surface area contributed by atoms with Crippen molar-refractivity contribution in [2.24, 2.45) is 0 Å². The van der Waals surface area contributed by atoms with E-state index >= 15 is 0 Å². The van der Waals surface area contributed by atoms with E-state index in [1.54, 1.807) is 29.0 Å². The van der Waals surface area contributed by atoms with Crippen LogP contribution >= 0.6 is 0 Å². The molecule has 0 radical (unpaired) electrons. The van der Waals surface area contributed by atoms with Gasteiger partial charge in [-0.2, -0.15) is 10.2 Å². The third kappa shape index (κ3) is 3.70. The molecule has 0 saturated carbocycles. The summed E-state index contributed by atoms with van der Waals surface area (Å²) < 4.78 is 14.6. The molecule has 0 atom stereocenters. The van der Waals surface area contributed by atoms with E-state index in [0.29, 0.717) is 29.3 Å². The van der Waals surface area contributed by atoms with E-state index < -0.39 is 0 Å². The number of carbonyl (C=O) groups is 1. The first-order chi connectivity index (χ1) is 15.1. The number of amides is 1.